The zero-order valence-corrected chi connectivity index (χ0v) is 18.6. The Kier molecular flexibility index (Phi) is 7.05. The minimum atomic E-state index is -1.01. The first kappa shape index (κ1) is 23.2. The van der Waals surface area contributed by atoms with Crippen LogP contribution in [0, 0.1) is 10.1 Å². The smallest absolute Gasteiger partial charge is 0.419 e. The molecule has 1 amide bonds. The second kappa shape index (κ2) is 10.3. The topological polar surface area (TPSA) is 125 Å². The quantitative estimate of drug-likeness (QED) is 0.282. The van der Waals surface area contributed by atoms with Crippen LogP contribution in [0.15, 0.2) is 57.7 Å². The predicted octanol–water partition coefficient (Wildman–Crippen LogP) is 3.58. The van der Waals surface area contributed by atoms with Crippen molar-refractivity contribution >= 4 is 28.7 Å². The van der Waals surface area contributed by atoms with E-state index in [0.29, 0.717) is 24.2 Å². The highest BCUT2D eigenvalue weighted by Crippen LogP contribution is 2.24. The molecule has 1 fully saturated rings. The van der Waals surface area contributed by atoms with Gasteiger partial charge in [-0.3, -0.25) is 24.3 Å². The summed E-state index contributed by atoms with van der Waals surface area (Å²) in [4.78, 5) is 50.0. The first-order valence-electron chi connectivity index (χ1n) is 11.2. The molecule has 0 saturated carbocycles. The van der Waals surface area contributed by atoms with Crippen molar-refractivity contribution in [2.24, 2.45) is 0 Å². The number of aromatic nitrogens is 1. The van der Waals surface area contributed by atoms with Crippen molar-refractivity contribution in [3.8, 4) is 0 Å². The normalized spacial score (nSPS) is 14.6. The van der Waals surface area contributed by atoms with Crippen molar-refractivity contribution in [2.45, 2.75) is 44.8 Å². The molecule has 2 aromatic carbocycles. The third kappa shape index (κ3) is 5.16. The Morgan fingerprint density at radius 2 is 1.82 bits per heavy atom. The molecule has 1 aliphatic heterocycles. The molecule has 1 aromatic heterocycles. The molecule has 1 unspecified atom stereocenters. The number of oxazole rings is 1. The molecule has 0 spiro atoms. The summed E-state index contributed by atoms with van der Waals surface area (Å²) in [5.74, 6) is -1.43. The Bertz CT molecular complexity index is 1240. The third-order valence-electron chi connectivity index (χ3n) is 5.87. The summed E-state index contributed by atoms with van der Waals surface area (Å²) in [6, 6.07) is 12.9. The number of likely N-dealkylation sites (tertiary alicyclic amines) is 1. The van der Waals surface area contributed by atoms with E-state index in [1.54, 1.807) is 29.2 Å². The molecule has 1 saturated heterocycles. The second-order valence-electron chi connectivity index (χ2n) is 8.20. The lowest BCUT2D eigenvalue weighted by Crippen LogP contribution is -2.40. The summed E-state index contributed by atoms with van der Waals surface area (Å²) in [7, 11) is 0. The lowest BCUT2D eigenvalue weighted by Gasteiger charge is -2.30. The molecule has 3 aromatic rings. The maximum atomic E-state index is 13.1. The minimum Gasteiger partial charge on any atom is -0.447 e. The Labute approximate surface area is 194 Å². The van der Waals surface area contributed by atoms with Crippen LogP contribution in [0.25, 0.3) is 11.1 Å². The molecule has 1 atom stereocenters. The number of nitro benzene ring substituents is 1. The predicted molar refractivity (Wildman–Crippen MR) is 122 cm³/mol. The number of benzene rings is 2. The van der Waals surface area contributed by atoms with Crippen molar-refractivity contribution in [2.75, 3.05) is 13.1 Å². The summed E-state index contributed by atoms with van der Waals surface area (Å²) in [6.45, 7) is 1.46. The monoisotopic (exact) mass is 467 g/mol. The van der Waals surface area contributed by atoms with E-state index in [0.717, 1.165) is 19.3 Å². The molecule has 1 aliphatic rings. The Hall–Kier alpha value is -3.95. The van der Waals surface area contributed by atoms with Crippen molar-refractivity contribution in [3.05, 3.63) is 74.8 Å². The molecule has 10 nitrogen and oxygen atoms in total. The molecular weight excluding hydrogens is 442 g/mol. The Balaban J connectivity index is 1.41. The molecule has 4 rings (SSSR count). The third-order valence-corrected chi connectivity index (χ3v) is 5.87. The van der Waals surface area contributed by atoms with Gasteiger partial charge >= 0.3 is 11.7 Å². The molecular formula is C24H25N3O7. The number of piperidine rings is 1. The molecule has 2 heterocycles. The number of non-ortho nitro benzene ring substituents is 1. The highest BCUT2D eigenvalue weighted by molar-refractivity contribution is 5.85. The summed E-state index contributed by atoms with van der Waals surface area (Å²) in [5, 5.41) is 10.9. The maximum absolute atomic E-state index is 13.1. The van der Waals surface area contributed by atoms with E-state index in [9.17, 15) is 24.5 Å². The Morgan fingerprint density at radius 3 is 2.53 bits per heavy atom. The van der Waals surface area contributed by atoms with Gasteiger partial charge in [-0.25, -0.2) is 4.79 Å². The zero-order valence-electron chi connectivity index (χ0n) is 18.6. The van der Waals surface area contributed by atoms with Gasteiger partial charge in [-0.05, 0) is 31.7 Å². The van der Waals surface area contributed by atoms with Crippen molar-refractivity contribution < 1.29 is 23.7 Å². The largest absolute Gasteiger partial charge is 0.447 e. The number of hydrogen-bond acceptors (Lipinski definition) is 7. The summed E-state index contributed by atoms with van der Waals surface area (Å²) < 4.78 is 12.0. The zero-order chi connectivity index (χ0) is 24.1. The first-order valence-corrected chi connectivity index (χ1v) is 11.2. The number of rotatable bonds is 8. The number of ether oxygens (including phenoxy) is 1. The van der Waals surface area contributed by atoms with Gasteiger partial charge in [-0.1, -0.05) is 30.3 Å². The number of esters is 1. The first-order chi connectivity index (χ1) is 16.4. The number of carbonyl (C=O) groups excluding carboxylic acids is 2. The molecule has 0 radical (unpaired) electrons. The van der Waals surface area contributed by atoms with Crippen molar-refractivity contribution in [1.29, 1.82) is 0 Å². The van der Waals surface area contributed by atoms with Gasteiger partial charge in [-0.2, -0.15) is 0 Å². The summed E-state index contributed by atoms with van der Waals surface area (Å²) >= 11 is 0. The Morgan fingerprint density at radius 1 is 1.09 bits per heavy atom. The van der Waals surface area contributed by atoms with Crippen LogP contribution in [0.2, 0.25) is 0 Å². The number of nitrogens with zero attached hydrogens (tertiary/aromatic N) is 3. The van der Waals surface area contributed by atoms with Crippen molar-refractivity contribution in [1.82, 2.24) is 9.47 Å². The van der Waals surface area contributed by atoms with E-state index in [-0.39, 0.29) is 36.6 Å². The van der Waals surface area contributed by atoms with Crippen LogP contribution in [0.4, 0.5) is 5.69 Å². The van der Waals surface area contributed by atoms with E-state index in [1.807, 2.05) is 6.07 Å². The van der Waals surface area contributed by atoms with Crippen molar-refractivity contribution in [3.63, 3.8) is 0 Å². The molecule has 10 heteroatoms. The van der Waals surface area contributed by atoms with E-state index >= 15 is 0 Å². The van der Waals surface area contributed by atoms with Crippen LogP contribution in [-0.2, 0) is 20.9 Å². The SMILES string of the molecule is O=C(CCCn1c(=O)oc2cc([N+](=O)[O-])ccc21)OC(C(=O)N1CCCCC1)c1ccccc1. The highest BCUT2D eigenvalue weighted by atomic mass is 16.6. The average Bonchev–Trinajstić information content (AvgIpc) is 3.17. The number of amides is 1. The summed E-state index contributed by atoms with van der Waals surface area (Å²) in [6.07, 6.45) is 2.18. The molecule has 0 aliphatic carbocycles. The van der Waals surface area contributed by atoms with Gasteiger partial charge in [0.2, 0.25) is 6.10 Å². The average molecular weight is 467 g/mol. The van der Waals surface area contributed by atoms with Gasteiger partial charge in [-0.15, -0.1) is 0 Å². The van der Waals surface area contributed by atoms with Crippen LogP contribution in [0.3, 0.4) is 0 Å². The summed E-state index contributed by atoms with van der Waals surface area (Å²) in [5.41, 5.74) is 0.955. The fraction of sp³-hybridized carbons (Fsp3) is 0.375. The molecule has 178 valence electrons. The minimum absolute atomic E-state index is 0.0112. The lowest BCUT2D eigenvalue weighted by molar-refractivity contribution is -0.384. The fourth-order valence-corrected chi connectivity index (χ4v) is 4.12. The van der Waals surface area contributed by atoms with Gasteiger partial charge in [0.25, 0.3) is 11.6 Å². The van der Waals surface area contributed by atoms with Gasteiger partial charge < -0.3 is 14.1 Å². The van der Waals surface area contributed by atoms with E-state index in [4.69, 9.17) is 9.15 Å². The molecule has 34 heavy (non-hydrogen) atoms. The number of hydrogen-bond donors (Lipinski definition) is 0. The highest BCUT2D eigenvalue weighted by Gasteiger charge is 2.30. The van der Waals surface area contributed by atoms with Crippen LogP contribution < -0.4 is 5.76 Å². The van der Waals surface area contributed by atoms with Crippen LogP contribution in [-0.4, -0.2) is 39.4 Å². The fourth-order valence-electron chi connectivity index (χ4n) is 4.12. The van der Waals surface area contributed by atoms with Gasteiger partial charge in [0, 0.05) is 37.7 Å². The number of aryl methyl sites for hydroxylation is 1. The number of nitro groups is 1. The van der Waals surface area contributed by atoms with Gasteiger partial charge in [0.05, 0.1) is 16.5 Å². The standard InChI is InChI=1S/C24H25N3O7/c28-21(10-7-15-26-19-12-11-18(27(31)32)16-20(19)33-24(26)30)34-22(17-8-3-1-4-9-17)23(29)25-13-5-2-6-14-25/h1,3-4,8-9,11-12,16,22H,2,5-7,10,13-15H2. The van der Waals surface area contributed by atoms with Crippen LogP contribution in [0.1, 0.15) is 43.8 Å². The number of fused-ring (bicyclic) bond motifs is 1. The van der Waals surface area contributed by atoms with Gasteiger partial charge in [0.15, 0.2) is 5.58 Å². The number of carbonyl (C=O) groups is 2. The van der Waals surface area contributed by atoms with E-state index in [2.05, 4.69) is 0 Å². The van der Waals surface area contributed by atoms with Gasteiger partial charge in [0.1, 0.15) is 0 Å². The molecule has 0 N–H and O–H groups in total. The van der Waals surface area contributed by atoms with Crippen LogP contribution in [0.5, 0.6) is 0 Å². The second-order valence-corrected chi connectivity index (χ2v) is 8.20. The van der Waals surface area contributed by atoms with E-state index in [1.165, 1.54) is 22.8 Å². The van der Waals surface area contributed by atoms with E-state index < -0.39 is 22.8 Å². The molecule has 0 bridgehead atoms. The lowest BCUT2D eigenvalue weighted by atomic mass is 10.1. The van der Waals surface area contributed by atoms with Crippen LogP contribution >= 0.6 is 0 Å². The maximum Gasteiger partial charge on any atom is 0.419 e.